The van der Waals surface area contributed by atoms with E-state index in [-0.39, 0.29) is 23.1 Å². The molecule has 1 atom stereocenters. The average Bonchev–Trinajstić information content (AvgIpc) is 2.65. The molecule has 0 aliphatic carbocycles. The van der Waals surface area contributed by atoms with Crippen molar-refractivity contribution in [3.63, 3.8) is 0 Å². The molecule has 2 heterocycles. The van der Waals surface area contributed by atoms with Gasteiger partial charge in [-0.25, -0.2) is 13.2 Å². The summed E-state index contributed by atoms with van der Waals surface area (Å²) < 4.78 is 24.9. The van der Waals surface area contributed by atoms with Crippen LogP contribution in [0.1, 0.15) is 12.8 Å². The summed E-state index contributed by atoms with van der Waals surface area (Å²) in [6, 6.07) is 5.20. The van der Waals surface area contributed by atoms with E-state index in [0.717, 1.165) is 17.5 Å². The van der Waals surface area contributed by atoms with Gasteiger partial charge in [-0.05, 0) is 37.0 Å². The Morgan fingerprint density at radius 1 is 1.40 bits per heavy atom. The van der Waals surface area contributed by atoms with Gasteiger partial charge in [-0.3, -0.25) is 4.57 Å². The van der Waals surface area contributed by atoms with Crippen molar-refractivity contribution in [2.24, 2.45) is 5.92 Å². The monoisotopic (exact) mass is 314 g/mol. The Hall–Kier alpha value is -1.27. The maximum absolute atomic E-state index is 12.0. The zero-order chi connectivity index (χ0) is 14.3. The second-order valence-electron chi connectivity index (χ2n) is 5.32. The number of sulfone groups is 1. The number of hydrogen-bond acceptors (Lipinski definition) is 3. The molecule has 0 saturated carbocycles. The van der Waals surface area contributed by atoms with E-state index < -0.39 is 9.84 Å². The van der Waals surface area contributed by atoms with E-state index >= 15 is 0 Å². The molecule has 108 valence electrons. The first-order valence-electron chi connectivity index (χ1n) is 6.53. The summed E-state index contributed by atoms with van der Waals surface area (Å²) in [6.45, 7) is 0.415. The van der Waals surface area contributed by atoms with Gasteiger partial charge in [0.15, 0.2) is 9.84 Å². The van der Waals surface area contributed by atoms with Crippen LogP contribution in [0.3, 0.4) is 0 Å². The molecule has 0 radical (unpaired) electrons. The van der Waals surface area contributed by atoms with Crippen LogP contribution >= 0.6 is 11.6 Å². The van der Waals surface area contributed by atoms with Crippen molar-refractivity contribution in [2.45, 2.75) is 19.4 Å². The molecule has 7 heteroatoms. The van der Waals surface area contributed by atoms with E-state index in [1.165, 1.54) is 0 Å². The van der Waals surface area contributed by atoms with Crippen molar-refractivity contribution in [3.05, 3.63) is 33.7 Å². The molecule has 1 aromatic carbocycles. The Labute approximate surface area is 121 Å². The molecule has 1 N–H and O–H groups in total. The van der Waals surface area contributed by atoms with Gasteiger partial charge in [0, 0.05) is 11.6 Å². The number of aromatic amines is 1. The Bertz CT molecular complexity index is 807. The lowest BCUT2D eigenvalue weighted by Crippen LogP contribution is -2.30. The van der Waals surface area contributed by atoms with Gasteiger partial charge in [-0.1, -0.05) is 11.6 Å². The fraction of sp³-hybridized carbons (Fsp3) is 0.462. The molecule has 0 spiro atoms. The highest BCUT2D eigenvalue weighted by atomic mass is 35.5. The van der Waals surface area contributed by atoms with Gasteiger partial charge < -0.3 is 4.98 Å². The molecule has 20 heavy (non-hydrogen) atoms. The minimum absolute atomic E-state index is 0.00979. The fourth-order valence-corrected chi connectivity index (χ4v) is 4.76. The number of H-pyrrole nitrogens is 1. The van der Waals surface area contributed by atoms with E-state index in [1.54, 1.807) is 22.8 Å². The third-order valence-corrected chi connectivity index (χ3v) is 5.86. The van der Waals surface area contributed by atoms with Crippen molar-refractivity contribution < 1.29 is 8.42 Å². The first-order chi connectivity index (χ1) is 9.44. The summed E-state index contributed by atoms with van der Waals surface area (Å²) in [7, 11) is -2.96. The number of benzene rings is 1. The molecule has 5 nitrogen and oxygen atoms in total. The van der Waals surface area contributed by atoms with Crippen molar-refractivity contribution in [2.75, 3.05) is 11.5 Å². The van der Waals surface area contributed by atoms with Gasteiger partial charge in [0.1, 0.15) is 0 Å². The average molecular weight is 315 g/mol. The number of nitrogens with zero attached hydrogens (tertiary/aromatic N) is 1. The number of fused-ring (bicyclic) bond motifs is 1. The number of aromatic nitrogens is 2. The topological polar surface area (TPSA) is 71.9 Å². The maximum Gasteiger partial charge on any atom is 0.326 e. The standard InChI is InChI=1S/C13H15ClN2O3S/c14-10-3-4-11-12(6-10)16(13(17)15-11)7-9-2-1-5-20(18,19)8-9/h3-4,6,9H,1-2,5,7-8H2,(H,15,17). The minimum Gasteiger partial charge on any atom is -0.306 e. The number of halogens is 1. The third kappa shape index (κ3) is 2.62. The van der Waals surface area contributed by atoms with Gasteiger partial charge in [-0.15, -0.1) is 0 Å². The van der Waals surface area contributed by atoms with Crippen molar-refractivity contribution in [1.82, 2.24) is 9.55 Å². The predicted octanol–water partition coefficient (Wildman–Crippen LogP) is 1.81. The summed E-state index contributed by atoms with van der Waals surface area (Å²) in [6.07, 6.45) is 1.50. The Morgan fingerprint density at radius 2 is 2.20 bits per heavy atom. The number of rotatable bonds is 2. The van der Waals surface area contributed by atoms with E-state index in [4.69, 9.17) is 11.6 Å². The first kappa shape index (κ1) is 13.7. The molecule has 0 bridgehead atoms. The van der Waals surface area contributed by atoms with Gasteiger partial charge >= 0.3 is 5.69 Å². The lowest BCUT2D eigenvalue weighted by Gasteiger charge is -2.22. The molecule has 0 amide bonds. The SMILES string of the molecule is O=c1[nH]c2ccc(Cl)cc2n1CC1CCCS(=O)(=O)C1. The van der Waals surface area contributed by atoms with Crippen molar-refractivity contribution >= 4 is 32.5 Å². The molecule has 2 aromatic rings. The molecule has 3 rings (SSSR count). The molecule has 1 aliphatic heterocycles. The highest BCUT2D eigenvalue weighted by Gasteiger charge is 2.25. The van der Waals surface area contributed by atoms with Gasteiger partial charge in [-0.2, -0.15) is 0 Å². The lowest BCUT2D eigenvalue weighted by atomic mass is 10.1. The van der Waals surface area contributed by atoms with Crippen LogP contribution in [0, 0.1) is 5.92 Å². The third-order valence-electron chi connectivity index (χ3n) is 3.74. The van der Waals surface area contributed by atoms with E-state index in [0.29, 0.717) is 18.0 Å². The molecule has 1 aromatic heterocycles. The van der Waals surface area contributed by atoms with Gasteiger partial charge in [0.05, 0.1) is 22.5 Å². The normalized spacial score (nSPS) is 22.1. The molecule has 1 fully saturated rings. The number of nitrogens with one attached hydrogen (secondary N) is 1. The summed E-state index contributed by atoms with van der Waals surface area (Å²) >= 11 is 5.96. The zero-order valence-corrected chi connectivity index (χ0v) is 12.4. The van der Waals surface area contributed by atoms with Crippen LogP contribution in [0.15, 0.2) is 23.0 Å². The van der Waals surface area contributed by atoms with Crippen LogP contribution in [0.25, 0.3) is 11.0 Å². The van der Waals surface area contributed by atoms with E-state index in [2.05, 4.69) is 4.98 Å². The van der Waals surface area contributed by atoms with Crippen LogP contribution in [0.4, 0.5) is 0 Å². The highest BCUT2D eigenvalue weighted by molar-refractivity contribution is 7.91. The van der Waals surface area contributed by atoms with Crippen LogP contribution in [-0.2, 0) is 16.4 Å². The second-order valence-corrected chi connectivity index (χ2v) is 7.99. The van der Waals surface area contributed by atoms with E-state index in [9.17, 15) is 13.2 Å². The zero-order valence-electron chi connectivity index (χ0n) is 10.8. The molecule has 1 aliphatic rings. The highest BCUT2D eigenvalue weighted by Crippen LogP contribution is 2.22. The van der Waals surface area contributed by atoms with Crippen molar-refractivity contribution in [1.29, 1.82) is 0 Å². The van der Waals surface area contributed by atoms with E-state index in [1.807, 2.05) is 0 Å². The molecular formula is C13H15ClN2O3S. The number of imidazole rings is 1. The minimum atomic E-state index is -2.96. The molecular weight excluding hydrogens is 300 g/mol. The van der Waals surface area contributed by atoms with Crippen molar-refractivity contribution in [3.8, 4) is 0 Å². The summed E-state index contributed by atoms with van der Waals surface area (Å²) in [5.41, 5.74) is 1.23. The summed E-state index contributed by atoms with van der Waals surface area (Å²) in [5.74, 6) is 0.412. The lowest BCUT2D eigenvalue weighted by molar-refractivity contribution is 0.427. The number of hydrogen-bond donors (Lipinski definition) is 1. The Morgan fingerprint density at radius 3 is 2.95 bits per heavy atom. The van der Waals surface area contributed by atoms with Crippen LogP contribution in [0.5, 0.6) is 0 Å². The van der Waals surface area contributed by atoms with Crippen LogP contribution in [-0.4, -0.2) is 29.5 Å². The van der Waals surface area contributed by atoms with Crippen LogP contribution < -0.4 is 5.69 Å². The molecule has 1 unspecified atom stereocenters. The second kappa shape index (κ2) is 4.93. The quantitative estimate of drug-likeness (QED) is 0.919. The first-order valence-corrected chi connectivity index (χ1v) is 8.73. The smallest absolute Gasteiger partial charge is 0.306 e. The maximum atomic E-state index is 12.0. The van der Waals surface area contributed by atoms with Crippen LogP contribution in [0.2, 0.25) is 5.02 Å². The Kier molecular flexibility index (Phi) is 3.38. The summed E-state index contributed by atoms with van der Waals surface area (Å²) in [5, 5.41) is 0.557. The Balaban J connectivity index is 1.96. The van der Waals surface area contributed by atoms with Gasteiger partial charge in [0.25, 0.3) is 0 Å². The summed E-state index contributed by atoms with van der Waals surface area (Å²) in [4.78, 5) is 14.8. The van der Waals surface area contributed by atoms with Gasteiger partial charge in [0.2, 0.25) is 0 Å². The largest absolute Gasteiger partial charge is 0.326 e. The predicted molar refractivity (Wildman–Crippen MR) is 78.9 cm³/mol. The molecule has 1 saturated heterocycles. The fourth-order valence-electron chi connectivity index (χ4n) is 2.83.